The molecule has 0 radical (unpaired) electrons. The predicted molar refractivity (Wildman–Crippen MR) is 112 cm³/mol. The third-order valence-electron chi connectivity index (χ3n) is 5.14. The van der Waals surface area contributed by atoms with Gasteiger partial charge in [-0.2, -0.15) is 0 Å². The number of thioether (sulfide) groups is 1. The molecule has 0 unspecified atom stereocenters. The van der Waals surface area contributed by atoms with Crippen molar-refractivity contribution in [1.29, 1.82) is 0 Å². The summed E-state index contributed by atoms with van der Waals surface area (Å²) >= 11 is 1.41. The Kier molecular flexibility index (Phi) is 7.94. The van der Waals surface area contributed by atoms with Crippen molar-refractivity contribution in [3.63, 3.8) is 0 Å². The van der Waals surface area contributed by atoms with E-state index in [4.69, 9.17) is 0 Å². The first-order chi connectivity index (χ1) is 13.7. The van der Waals surface area contributed by atoms with Crippen LogP contribution in [-0.2, 0) is 20.9 Å². The van der Waals surface area contributed by atoms with Crippen LogP contribution in [0.2, 0.25) is 0 Å². The second-order valence-corrected chi connectivity index (χ2v) is 8.15. The van der Waals surface area contributed by atoms with Gasteiger partial charge in [0.25, 0.3) is 0 Å². The van der Waals surface area contributed by atoms with Crippen LogP contribution in [0.25, 0.3) is 0 Å². The normalized spacial score (nSPS) is 20.5. The molecule has 2 aliphatic rings. The molecule has 0 aliphatic carbocycles. The molecule has 6 nitrogen and oxygen atoms in total. The highest BCUT2D eigenvalue weighted by molar-refractivity contribution is 8.04. The van der Waals surface area contributed by atoms with E-state index in [0.29, 0.717) is 17.3 Å². The molecule has 2 fully saturated rings. The van der Waals surface area contributed by atoms with Crippen LogP contribution in [-0.4, -0.2) is 78.7 Å². The summed E-state index contributed by atoms with van der Waals surface area (Å²) in [5.41, 5.74) is 1.37. The molecular weight excluding hydrogens is 374 g/mol. The Morgan fingerprint density at radius 1 is 1.11 bits per heavy atom. The zero-order valence-corrected chi connectivity index (χ0v) is 17.3. The summed E-state index contributed by atoms with van der Waals surface area (Å²) in [7, 11) is 1.35. The van der Waals surface area contributed by atoms with Crippen LogP contribution < -0.4 is 0 Å². The van der Waals surface area contributed by atoms with Crippen molar-refractivity contribution in [1.82, 2.24) is 14.7 Å². The number of benzene rings is 1. The molecule has 1 aromatic carbocycles. The topological polar surface area (TPSA) is 53.1 Å². The van der Waals surface area contributed by atoms with E-state index in [-0.39, 0.29) is 5.91 Å². The minimum absolute atomic E-state index is 0.0741. The van der Waals surface area contributed by atoms with Gasteiger partial charge in [0.15, 0.2) is 0 Å². The van der Waals surface area contributed by atoms with Gasteiger partial charge in [-0.1, -0.05) is 42.1 Å². The number of hydrogen-bond donors (Lipinski definition) is 0. The number of ether oxygens (including phenoxy) is 1. The largest absolute Gasteiger partial charge is 0.466 e. The van der Waals surface area contributed by atoms with E-state index in [1.807, 2.05) is 0 Å². The quantitative estimate of drug-likeness (QED) is 0.514. The van der Waals surface area contributed by atoms with E-state index in [0.717, 1.165) is 45.7 Å². The highest BCUT2D eigenvalue weighted by Crippen LogP contribution is 2.28. The number of nitrogens with zero attached hydrogens (tertiary/aromatic N) is 3. The van der Waals surface area contributed by atoms with Crippen molar-refractivity contribution < 1.29 is 14.3 Å². The van der Waals surface area contributed by atoms with Gasteiger partial charge >= 0.3 is 5.97 Å². The van der Waals surface area contributed by atoms with E-state index in [1.165, 1.54) is 36.9 Å². The molecule has 0 N–H and O–H groups in total. The average molecular weight is 404 g/mol. The maximum Gasteiger partial charge on any atom is 0.333 e. The lowest BCUT2D eigenvalue weighted by molar-refractivity contribution is -0.134. The summed E-state index contributed by atoms with van der Waals surface area (Å²) in [5, 5.41) is 0.710. The summed E-state index contributed by atoms with van der Waals surface area (Å²) in [6.45, 7) is 6.98. The number of amides is 1. The second-order valence-electron chi connectivity index (χ2n) is 7.15. The van der Waals surface area contributed by atoms with E-state index in [1.54, 1.807) is 4.90 Å². The molecule has 0 atom stereocenters. The highest BCUT2D eigenvalue weighted by Gasteiger charge is 2.27. The fourth-order valence-corrected chi connectivity index (χ4v) is 4.58. The van der Waals surface area contributed by atoms with Crippen LogP contribution in [0.1, 0.15) is 18.4 Å². The molecule has 1 amide bonds. The first kappa shape index (κ1) is 20.9. The van der Waals surface area contributed by atoms with Crippen LogP contribution in [0.15, 0.2) is 41.4 Å². The van der Waals surface area contributed by atoms with Crippen molar-refractivity contribution in [2.24, 2.45) is 0 Å². The van der Waals surface area contributed by atoms with Gasteiger partial charge < -0.3 is 14.5 Å². The fraction of sp³-hybridized carbons (Fsp3) is 0.524. The number of carbonyl (C=O) groups is 2. The summed E-state index contributed by atoms with van der Waals surface area (Å²) in [6, 6.07) is 10.6. The van der Waals surface area contributed by atoms with Gasteiger partial charge in [0, 0.05) is 26.2 Å². The molecule has 0 bridgehead atoms. The zero-order chi connectivity index (χ0) is 19.8. The van der Waals surface area contributed by atoms with E-state index in [9.17, 15) is 9.59 Å². The van der Waals surface area contributed by atoms with Gasteiger partial charge in [-0.25, -0.2) is 4.79 Å². The van der Waals surface area contributed by atoms with Crippen molar-refractivity contribution in [2.45, 2.75) is 19.4 Å². The van der Waals surface area contributed by atoms with Crippen molar-refractivity contribution in [2.75, 3.05) is 52.1 Å². The summed E-state index contributed by atoms with van der Waals surface area (Å²) < 4.78 is 4.68. The van der Waals surface area contributed by atoms with E-state index in [2.05, 4.69) is 44.9 Å². The molecule has 2 heterocycles. The number of carbonyl (C=O) groups excluding carboxylic acids is 2. The van der Waals surface area contributed by atoms with Crippen molar-refractivity contribution in [3.05, 3.63) is 47.0 Å². The smallest absolute Gasteiger partial charge is 0.333 e. The van der Waals surface area contributed by atoms with Crippen LogP contribution in [0, 0.1) is 0 Å². The van der Waals surface area contributed by atoms with Gasteiger partial charge in [0.1, 0.15) is 0 Å². The minimum atomic E-state index is -0.409. The van der Waals surface area contributed by atoms with Crippen LogP contribution >= 0.6 is 11.8 Å². The molecular formula is C21H29N3O3S. The second kappa shape index (κ2) is 10.6. The molecule has 7 heteroatoms. The predicted octanol–water partition coefficient (Wildman–Crippen LogP) is 2.17. The molecule has 2 saturated heterocycles. The molecule has 1 aromatic rings. The Hall–Kier alpha value is -1.83. The lowest BCUT2D eigenvalue weighted by atomic mass is 10.2. The van der Waals surface area contributed by atoms with Crippen LogP contribution in [0.5, 0.6) is 0 Å². The molecule has 28 heavy (non-hydrogen) atoms. The lowest BCUT2D eigenvalue weighted by Crippen LogP contribution is -2.33. The van der Waals surface area contributed by atoms with Gasteiger partial charge in [0.05, 0.1) is 24.0 Å². The third-order valence-corrected chi connectivity index (χ3v) is 6.16. The molecule has 3 rings (SSSR count). The molecule has 0 aromatic heterocycles. The first-order valence-electron chi connectivity index (χ1n) is 9.87. The summed E-state index contributed by atoms with van der Waals surface area (Å²) in [5.74, 6) is 0.0688. The fourth-order valence-electron chi connectivity index (χ4n) is 3.63. The number of esters is 1. The molecule has 0 saturated carbocycles. The first-order valence-corrected chi connectivity index (χ1v) is 10.9. The molecule has 0 spiro atoms. The zero-order valence-electron chi connectivity index (χ0n) is 16.5. The SMILES string of the molecule is COC(=O)C=C1SCC(=O)N1CCCN1CCCN(Cc2ccccc2)CC1. The van der Waals surface area contributed by atoms with Crippen molar-refractivity contribution in [3.8, 4) is 0 Å². The van der Waals surface area contributed by atoms with Crippen LogP contribution in [0.4, 0.5) is 0 Å². The maximum absolute atomic E-state index is 12.1. The van der Waals surface area contributed by atoms with E-state index >= 15 is 0 Å². The Morgan fingerprint density at radius 2 is 1.86 bits per heavy atom. The van der Waals surface area contributed by atoms with Gasteiger partial charge in [-0.15, -0.1) is 0 Å². The van der Waals surface area contributed by atoms with Crippen molar-refractivity contribution >= 4 is 23.6 Å². The number of methoxy groups -OCH3 is 1. The number of hydrogen-bond acceptors (Lipinski definition) is 6. The Balaban J connectivity index is 1.43. The Labute approximate surface area is 171 Å². The van der Waals surface area contributed by atoms with Crippen LogP contribution in [0.3, 0.4) is 0 Å². The maximum atomic E-state index is 12.1. The standard InChI is InChI=1S/C21H29N3O3S/c1-27-21(26)15-20-24(19(25)17-28-20)12-6-10-22-9-5-11-23(14-13-22)16-18-7-3-2-4-8-18/h2-4,7-8,15H,5-6,9-14,16-17H2,1H3. The van der Waals surface area contributed by atoms with E-state index < -0.39 is 5.97 Å². The Morgan fingerprint density at radius 3 is 2.64 bits per heavy atom. The highest BCUT2D eigenvalue weighted by atomic mass is 32.2. The average Bonchev–Trinajstić information content (AvgIpc) is 2.90. The Bertz CT molecular complexity index is 695. The minimum Gasteiger partial charge on any atom is -0.466 e. The third kappa shape index (κ3) is 6.09. The van der Waals surface area contributed by atoms with Gasteiger partial charge in [-0.05, 0) is 38.0 Å². The monoisotopic (exact) mass is 403 g/mol. The summed E-state index contributed by atoms with van der Waals surface area (Å²) in [4.78, 5) is 30.3. The number of rotatable bonds is 7. The van der Waals surface area contributed by atoms with Gasteiger partial charge in [-0.3, -0.25) is 9.69 Å². The van der Waals surface area contributed by atoms with Gasteiger partial charge in [0.2, 0.25) is 5.91 Å². The molecule has 152 valence electrons. The lowest BCUT2D eigenvalue weighted by Gasteiger charge is -2.23. The molecule has 2 aliphatic heterocycles. The summed E-state index contributed by atoms with van der Waals surface area (Å²) in [6.07, 6.45) is 3.49.